The van der Waals surface area contributed by atoms with Gasteiger partial charge >= 0.3 is 0 Å². The van der Waals surface area contributed by atoms with Crippen LogP contribution in [-0.2, 0) is 6.42 Å². The molecule has 0 aliphatic rings. The lowest BCUT2D eigenvalue weighted by Crippen LogP contribution is -1.98. The van der Waals surface area contributed by atoms with Crippen molar-refractivity contribution in [2.75, 3.05) is 5.73 Å². The van der Waals surface area contributed by atoms with E-state index in [1.54, 1.807) is 0 Å². The lowest BCUT2D eigenvalue weighted by atomic mass is 9.98. The summed E-state index contributed by atoms with van der Waals surface area (Å²) in [6.45, 7) is 4.33. The summed E-state index contributed by atoms with van der Waals surface area (Å²) in [5.74, 6) is 0.942. The van der Waals surface area contributed by atoms with Crippen molar-refractivity contribution in [3.63, 3.8) is 0 Å². The lowest BCUT2D eigenvalue weighted by Gasteiger charge is -2.06. The van der Waals surface area contributed by atoms with Crippen molar-refractivity contribution in [3.05, 3.63) is 48.0 Å². The number of nitrogens with zero attached hydrogens (tertiary/aromatic N) is 1. The third kappa shape index (κ3) is 2.27. The van der Waals surface area contributed by atoms with Crippen molar-refractivity contribution in [2.45, 2.75) is 20.3 Å². The molecule has 0 fully saturated rings. The van der Waals surface area contributed by atoms with Crippen molar-refractivity contribution < 1.29 is 4.52 Å². The predicted octanol–water partition coefficient (Wildman–Crippen LogP) is 4.28. The van der Waals surface area contributed by atoms with Gasteiger partial charge in [-0.05, 0) is 29.2 Å². The highest BCUT2D eigenvalue weighted by Crippen LogP contribution is 2.31. The number of aromatic nitrogens is 1. The molecule has 0 saturated carbocycles. The van der Waals surface area contributed by atoms with Crippen LogP contribution in [0.5, 0.6) is 0 Å². The molecule has 20 heavy (non-hydrogen) atoms. The lowest BCUT2D eigenvalue weighted by molar-refractivity contribution is 0.438. The molecule has 0 aliphatic heterocycles. The molecule has 1 heterocycles. The average Bonchev–Trinajstić information content (AvgIpc) is 2.79. The summed E-state index contributed by atoms with van der Waals surface area (Å²) in [4.78, 5) is 0. The molecule has 1 aromatic heterocycles. The van der Waals surface area contributed by atoms with Gasteiger partial charge in [-0.1, -0.05) is 55.4 Å². The Kier molecular flexibility index (Phi) is 3.18. The number of rotatable bonds is 3. The summed E-state index contributed by atoms with van der Waals surface area (Å²) in [6, 6.07) is 14.6. The maximum atomic E-state index is 5.91. The van der Waals surface area contributed by atoms with Gasteiger partial charge in [0.15, 0.2) is 0 Å². The Labute approximate surface area is 118 Å². The first-order chi connectivity index (χ1) is 9.65. The Bertz CT molecular complexity index is 744. The Morgan fingerprint density at radius 2 is 1.85 bits per heavy atom. The first-order valence-corrected chi connectivity index (χ1v) is 6.88. The van der Waals surface area contributed by atoms with E-state index in [0.717, 1.165) is 23.2 Å². The number of hydrogen-bond donors (Lipinski definition) is 1. The van der Waals surface area contributed by atoms with Crippen molar-refractivity contribution >= 4 is 16.7 Å². The highest BCUT2D eigenvalue weighted by molar-refractivity contribution is 5.87. The molecule has 3 aromatic rings. The van der Waals surface area contributed by atoms with E-state index < -0.39 is 0 Å². The van der Waals surface area contributed by atoms with Crippen LogP contribution < -0.4 is 5.73 Å². The topological polar surface area (TPSA) is 52.0 Å². The Hall–Kier alpha value is -2.29. The molecular formula is C17H18N2O. The third-order valence-electron chi connectivity index (χ3n) is 3.45. The molecule has 3 heteroatoms. The van der Waals surface area contributed by atoms with Crippen LogP contribution in [0.1, 0.15) is 19.4 Å². The van der Waals surface area contributed by atoms with Crippen LogP contribution in [0, 0.1) is 5.92 Å². The standard InChI is InChI=1S/C17H18N2O/c1-11(2)9-15-16(19-20-17(15)18)14-8-7-12-5-3-4-6-13(12)10-14/h3-8,10-11H,9,18H2,1-2H3. The Balaban J connectivity index is 2.11. The van der Waals surface area contributed by atoms with E-state index in [2.05, 4.69) is 49.3 Å². The monoisotopic (exact) mass is 266 g/mol. The molecule has 0 bridgehead atoms. The van der Waals surface area contributed by atoms with Crippen LogP contribution in [0.15, 0.2) is 47.0 Å². The fourth-order valence-corrected chi connectivity index (χ4v) is 2.49. The van der Waals surface area contributed by atoms with Crippen LogP contribution in [0.4, 0.5) is 5.88 Å². The van der Waals surface area contributed by atoms with Crippen molar-refractivity contribution in [2.24, 2.45) is 5.92 Å². The predicted molar refractivity (Wildman–Crippen MR) is 82.4 cm³/mol. The maximum Gasteiger partial charge on any atom is 0.225 e. The largest absolute Gasteiger partial charge is 0.367 e. The fraction of sp³-hybridized carbons (Fsp3) is 0.235. The maximum absolute atomic E-state index is 5.91. The number of benzene rings is 2. The normalized spacial score (nSPS) is 11.3. The summed E-state index contributed by atoms with van der Waals surface area (Å²) >= 11 is 0. The summed E-state index contributed by atoms with van der Waals surface area (Å²) in [5, 5.41) is 6.56. The van der Waals surface area contributed by atoms with Gasteiger partial charge < -0.3 is 10.3 Å². The van der Waals surface area contributed by atoms with E-state index in [1.165, 1.54) is 10.8 Å². The SMILES string of the molecule is CC(C)Cc1c(-c2ccc3ccccc3c2)noc1N. The molecule has 3 rings (SSSR count). The highest BCUT2D eigenvalue weighted by Gasteiger charge is 2.16. The molecule has 0 aliphatic carbocycles. The molecule has 0 radical (unpaired) electrons. The van der Waals surface area contributed by atoms with Crippen LogP contribution in [-0.4, -0.2) is 5.16 Å². The van der Waals surface area contributed by atoms with E-state index in [9.17, 15) is 0 Å². The zero-order valence-corrected chi connectivity index (χ0v) is 11.8. The highest BCUT2D eigenvalue weighted by atomic mass is 16.5. The Morgan fingerprint density at radius 1 is 1.10 bits per heavy atom. The summed E-state index contributed by atoms with van der Waals surface area (Å²) < 4.78 is 5.19. The third-order valence-corrected chi connectivity index (χ3v) is 3.45. The van der Waals surface area contributed by atoms with Gasteiger partial charge in [-0.15, -0.1) is 0 Å². The zero-order valence-electron chi connectivity index (χ0n) is 11.8. The molecule has 0 amide bonds. The molecule has 2 N–H and O–H groups in total. The van der Waals surface area contributed by atoms with Gasteiger partial charge in [-0.2, -0.15) is 0 Å². The summed E-state index contributed by atoms with van der Waals surface area (Å²) in [5.41, 5.74) is 8.84. The van der Waals surface area contributed by atoms with Gasteiger partial charge in [0.2, 0.25) is 5.88 Å². The van der Waals surface area contributed by atoms with Gasteiger partial charge in [0.05, 0.1) is 0 Å². The molecular weight excluding hydrogens is 248 g/mol. The van der Waals surface area contributed by atoms with E-state index in [4.69, 9.17) is 10.3 Å². The second-order valence-electron chi connectivity index (χ2n) is 5.53. The summed E-state index contributed by atoms with van der Waals surface area (Å²) in [6.07, 6.45) is 0.873. The number of hydrogen-bond acceptors (Lipinski definition) is 3. The number of fused-ring (bicyclic) bond motifs is 1. The minimum atomic E-state index is 0.432. The molecule has 0 unspecified atom stereocenters. The molecule has 3 nitrogen and oxygen atoms in total. The molecule has 102 valence electrons. The quantitative estimate of drug-likeness (QED) is 0.770. The summed E-state index contributed by atoms with van der Waals surface area (Å²) in [7, 11) is 0. The minimum Gasteiger partial charge on any atom is -0.367 e. The minimum absolute atomic E-state index is 0.432. The first-order valence-electron chi connectivity index (χ1n) is 6.88. The van der Waals surface area contributed by atoms with E-state index >= 15 is 0 Å². The molecule has 0 spiro atoms. The second-order valence-corrected chi connectivity index (χ2v) is 5.53. The van der Waals surface area contributed by atoms with Gasteiger partial charge in [-0.25, -0.2) is 0 Å². The van der Waals surface area contributed by atoms with Gasteiger partial charge in [-0.3, -0.25) is 0 Å². The van der Waals surface area contributed by atoms with Gasteiger partial charge in [0, 0.05) is 11.1 Å². The number of nitrogens with two attached hydrogens (primary N) is 1. The second kappa shape index (κ2) is 5.00. The van der Waals surface area contributed by atoms with Crippen LogP contribution >= 0.6 is 0 Å². The van der Waals surface area contributed by atoms with Crippen molar-refractivity contribution in [1.29, 1.82) is 0 Å². The first kappa shape index (κ1) is 12.7. The average molecular weight is 266 g/mol. The van der Waals surface area contributed by atoms with Crippen molar-refractivity contribution in [1.82, 2.24) is 5.16 Å². The van der Waals surface area contributed by atoms with Crippen LogP contribution in [0.25, 0.3) is 22.0 Å². The molecule has 2 aromatic carbocycles. The number of nitrogen functional groups attached to an aromatic ring is 1. The van der Waals surface area contributed by atoms with Crippen LogP contribution in [0.2, 0.25) is 0 Å². The van der Waals surface area contributed by atoms with Gasteiger partial charge in [0.25, 0.3) is 0 Å². The van der Waals surface area contributed by atoms with E-state index in [-0.39, 0.29) is 0 Å². The smallest absolute Gasteiger partial charge is 0.225 e. The van der Waals surface area contributed by atoms with E-state index in [0.29, 0.717) is 11.8 Å². The Morgan fingerprint density at radius 3 is 2.60 bits per heavy atom. The molecule has 0 saturated heterocycles. The molecule has 0 atom stereocenters. The zero-order chi connectivity index (χ0) is 14.1. The number of anilines is 1. The fourth-order valence-electron chi connectivity index (χ4n) is 2.49. The van der Waals surface area contributed by atoms with Crippen molar-refractivity contribution in [3.8, 4) is 11.3 Å². The van der Waals surface area contributed by atoms with Crippen LogP contribution in [0.3, 0.4) is 0 Å². The van der Waals surface area contributed by atoms with Gasteiger partial charge in [0.1, 0.15) is 5.69 Å². The van der Waals surface area contributed by atoms with E-state index in [1.807, 2.05) is 12.1 Å².